The molecule has 2 N–H and O–H groups in total. The van der Waals surface area contributed by atoms with Crippen LogP contribution in [-0.4, -0.2) is 13.1 Å². The summed E-state index contributed by atoms with van der Waals surface area (Å²) in [7, 11) is 0. The van der Waals surface area contributed by atoms with Gasteiger partial charge < -0.3 is 10.6 Å². The lowest BCUT2D eigenvalue weighted by molar-refractivity contribution is 0.506. The fourth-order valence-electron chi connectivity index (χ4n) is 4.73. The molecule has 0 radical (unpaired) electrons. The zero-order chi connectivity index (χ0) is 20.1. The third-order valence-corrected chi connectivity index (χ3v) is 6.02. The van der Waals surface area contributed by atoms with E-state index in [0.717, 1.165) is 38.2 Å². The minimum atomic E-state index is -0.151. The highest BCUT2D eigenvalue weighted by atomic mass is 15.0. The van der Waals surface area contributed by atoms with Crippen LogP contribution in [0.5, 0.6) is 0 Å². The van der Waals surface area contributed by atoms with Crippen LogP contribution in [0.4, 0.5) is 0 Å². The maximum absolute atomic E-state index is 4.54. The second-order valence-electron chi connectivity index (χ2n) is 7.81. The van der Waals surface area contributed by atoms with Gasteiger partial charge in [0.05, 0.1) is 5.41 Å². The first-order chi connectivity index (χ1) is 14.3. The van der Waals surface area contributed by atoms with Crippen molar-refractivity contribution >= 4 is 0 Å². The van der Waals surface area contributed by atoms with Crippen LogP contribution in [0.1, 0.15) is 36.5 Å². The van der Waals surface area contributed by atoms with E-state index in [1.54, 1.807) is 0 Å². The summed E-state index contributed by atoms with van der Waals surface area (Å²) in [6, 6.07) is 28.2. The van der Waals surface area contributed by atoms with Gasteiger partial charge >= 0.3 is 0 Å². The van der Waals surface area contributed by atoms with Crippen molar-refractivity contribution in [3.8, 4) is 11.1 Å². The molecule has 0 saturated carbocycles. The first-order valence-electron chi connectivity index (χ1n) is 10.6. The molecule has 0 heterocycles. The van der Waals surface area contributed by atoms with Gasteiger partial charge in [-0.1, -0.05) is 98.8 Å². The summed E-state index contributed by atoms with van der Waals surface area (Å²) in [6.07, 6.45) is 2.17. The molecule has 0 amide bonds. The highest BCUT2D eigenvalue weighted by molar-refractivity contribution is 5.82. The SMILES string of the molecule is C=C(NCCNCc1ccccc1)C1(CCC)c2ccccc2-c2ccccc21. The van der Waals surface area contributed by atoms with Crippen LogP contribution in [0.2, 0.25) is 0 Å². The molecule has 0 fully saturated rings. The Balaban J connectivity index is 1.50. The van der Waals surface area contributed by atoms with Crippen molar-refractivity contribution in [3.05, 3.63) is 108 Å². The van der Waals surface area contributed by atoms with E-state index in [-0.39, 0.29) is 5.41 Å². The van der Waals surface area contributed by atoms with Gasteiger partial charge in [-0.05, 0) is 34.2 Å². The molecule has 0 aliphatic heterocycles. The highest BCUT2D eigenvalue weighted by Crippen LogP contribution is 2.53. The zero-order valence-electron chi connectivity index (χ0n) is 17.2. The molecule has 0 atom stereocenters. The summed E-state index contributed by atoms with van der Waals surface area (Å²) in [4.78, 5) is 0. The van der Waals surface area contributed by atoms with Crippen molar-refractivity contribution in [2.24, 2.45) is 0 Å². The number of hydrogen-bond donors (Lipinski definition) is 2. The van der Waals surface area contributed by atoms with Gasteiger partial charge in [-0.15, -0.1) is 0 Å². The molecule has 3 aromatic carbocycles. The fourth-order valence-corrected chi connectivity index (χ4v) is 4.73. The lowest BCUT2D eigenvalue weighted by Crippen LogP contribution is -2.37. The second kappa shape index (κ2) is 8.67. The number of nitrogens with one attached hydrogen (secondary N) is 2. The number of allylic oxidation sites excluding steroid dienone is 1. The Bertz CT molecular complexity index is 929. The van der Waals surface area contributed by atoms with Crippen LogP contribution in [-0.2, 0) is 12.0 Å². The molecular formula is C27H30N2. The van der Waals surface area contributed by atoms with Crippen molar-refractivity contribution < 1.29 is 0 Å². The first-order valence-corrected chi connectivity index (χ1v) is 10.6. The van der Waals surface area contributed by atoms with Crippen molar-refractivity contribution in [2.75, 3.05) is 13.1 Å². The Morgan fingerprint density at radius 1 is 0.793 bits per heavy atom. The van der Waals surface area contributed by atoms with Gasteiger partial charge in [-0.2, -0.15) is 0 Å². The minimum absolute atomic E-state index is 0.151. The summed E-state index contributed by atoms with van der Waals surface area (Å²) in [5.74, 6) is 0. The number of hydrogen-bond acceptors (Lipinski definition) is 2. The number of fused-ring (bicyclic) bond motifs is 3. The predicted octanol–water partition coefficient (Wildman–Crippen LogP) is 5.65. The van der Waals surface area contributed by atoms with E-state index in [9.17, 15) is 0 Å². The molecule has 0 bridgehead atoms. The van der Waals surface area contributed by atoms with Crippen molar-refractivity contribution in [1.82, 2.24) is 10.6 Å². The van der Waals surface area contributed by atoms with Gasteiger partial charge in [0, 0.05) is 25.3 Å². The molecule has 0 spiro atoms. The van der Waals surface area contributed by atoms with Gasteiger partial charge in [0.1, 0.15) is 0 Å². The molecule has 1 aliphatic rings. The van der Waals surface area contributed by atoms with Crippen LogP contribution in [0.15, 0.2) is 91.1 Å². The monoisotopic (exact) mass is 382 g/mol. The van der Waals surface area contributed by atoms with Crippen LogP contribution in [0, 0.1) is 0 Å². The van der Waals surface area contributed by atoms with E-state index < -0.39 is 0 Å². The molecular weight excluding hydrogens is 352 g/mol. The summed E-state index contributed by atoms with van der Waals surface area (Å²) < 4.78 is 0. The first kappa shape index (κ1) is 19.5. The summed E-state index contributed by atoms with van der Waals surface area (Å²) in [5.41, 5.74) is 7.74. The Hall–Kier alpha value is -2.84. The lowest BCUT2D eigenvalue weighted by atomic mass is 9.72. The molecule has 4 rings (SSSR count). The average Bonchev–Trinajstić information content (AvgIpc) is 3.06. The maximum atomic E-state index is 4.54. The number of rotatable bonds is 9. The maximum Gasteiger partial charge on any atom is 0.0604 e. The Morgan fingerprint density at radius 2 is 1.38 bits per heavy atom. The molecule has 0 saturated heterocycles. The fraction of sp³-hybridized carbons (Fsp3) is 0.259. The highest BCUT2D eigenvalue weighted by Gasteiger charge is 2.44. The smallest absolute Gasteiger partial charge is 0.0604 e. The Morgan fingerprint density at radius 3 is 2.00 bits per heavy atom. The normalized spacial score (nSPS) is 13.6. The van der Waals surface area contributed by atoms with Crippen LogP contribution < -0.4 is 10.6 Å². The van der Waals surface area contributed by atoms with E-state index in [1.807, 2.05) is 0 Å². The van der Waals surface area contributed by atoms with Gasteiger partial charge in [-0.25, -0.2) is 0 Å². The van der Waals surface area contributed by atoms with Gasteiger partial charge in [0.25, 0.3) is 0 Å². The molecule has 0 unspecified atom stereocenters. The lowest BCUT2D eigenvalue weighted by Gasteiger charge is -2.35. The van der Waals surface area contributed by atoms with E-state index in [4.69, 9.17) is 0 Å². The molecule has 0 aromatic heterocycles. The van der Waals surface area contributed by atoms with Crippen LogP contribution in [0.25, 0.3) is 11.1 Å². The number of benzene rings is 3. The van der Waals surface area contributed by atoms with Crippen molar-refractivity contribution in [1.29, 1.82) is 0 Å². The van der Waals surface area contributed by atoms with E-state index >= 15 is 0 Å². The largest absolute Gasteiger partial charge is 0.387 e. The molecule has 2 heteroatoms. The van der Waals surface area contributed by atoms with E-state index in [0.29, 0.717) is 0 Å². The summed E-state index contributed by atoms with van der Waals surface area (Å²) >= 11 is 0. The van der Waals surface area contributed by atoms with E-state index in [1.165, 1.54) is 27.8 Å². The predicted molar refractivity (Wildman–Crippen MR) is 123 cm³/mol. The van der Waals surface area contributed by atoms with Crippen molar-refractivity contribution in [2.45, 2.75) is 31.7 Å². The third-order valence-electron chi connectivity index (χ3n) is 6.02. The second-order valence-corrected chi connectivity index (χ2v) is 7.81. The summed E-state index contributed by atoms with van der Waals surface area (Å²) in [6.45, 7) is 9.46. The minimum Gasteiger partial charge on any atom is -0.387 e. The molecule has 1 aliphatic carbocycles. The standard InChI is InChI=1S/C27H30N2/c1-3-17-27(21(2)29-19-18-28-20-22-11-5-4-6-12-22)25-15-9-7-13-23(25)24-14-8-10-16-26(24)27/h4-16,28-29H,2-3,17-20H2,1H3. The molecule has 3 aromatic rings. The van der Waals surface area contributed by atoms with Crippen LogP contribution in [0.3, 0.4) is 0 Å². The van der Waals surface area contributed by atoms with Gasteiger partial charge in [0.15, 0.2) is 0 Å². The van der Waals surface area contributed by atoms with Gasteiger partial charge in [0.2, 0.25) is 0 Å². The summed E-state index contributed by atoms with van der Waals surface area (Å²) in [5, 5.41) is 7.19. The van der Waals surface area contributed by atoms with E-state index in [2.05, 4.69) is 103 Å². The molecule has 2 nitrogen and oxygen atoms in total. The topological polar surface area (TPSA) is 24.1 Å². The van der Waals surface area contributed by atoms with Gasteiger partial charge in [-0.3, -0.25) is 0 Å². The quantitative estimate of drug-likeness (QED) is 0.468. The average molecular weight is 383 g/mol. The zero-order valence-corrected chi connectivity index (χ0v) is 17.2. The third kappa shape index (κ3) is 3.61. The van der Waals surface area contributed by atoms with Crippen LogP contribution >= 0.6 is 0 Å². The molecule has 29 heavy (non-hydrogen) atoms. The Labute approximate surface area is 174 Å². The molecule has 148 valence electrons. The van der Waals surface area contributed by atoms with Crippen molar-refractivity contribution in [3.63, 3.8) is 0 Å². The Kier molecular flexibility index (Phi) is 5.82.